The summed E-state index contributed by atoms with van der Waals surface area (Å²) >= 11 is 0. The van der Waals surface area contributed by atoms with Crippen molar-refractivity contribution in [2.24, 2.45) is 0 Å². The van der Waals surface area contributed by atoms with Crippen LogP contribution in [0.2, 0.25) is 0 Å². The van der Waals surface area contributed by atoms with Crippen molar-refractivity contribution in [1.29, 1.82) is 0 Å². The first kappa shape index (κ1) is 22.4. The minimum Gasteiger partial charge on any atom is -0.492 e. The number of likely N-dealkylation sites (N-methyl/N-ethyl adjacent to an activating group) is 1. The average Bonchev–Trinajstić information content (AvgIpc) is 3.21. The van der Waals surface area contributed by atoms with Crippen LogP contribution in [0.4, 0.5) is 0 Å². The Labute approximate surface area is 191 Å². The number of rotatable bonds is 8. The highest BCUT2D eigenvalue weighted by atomic mass is 16.5. The summed E-state index contributed by atoms with van der Waals surface area (Å²) in [6.45, 7) is 3.27. The first-order valence-corrected chi connectivity index (χ1v) is 10.8. The van der Waals surface area contributed by atoms with Crippen LogP contribution in [-0.4, -0.2) is 49.7 Å². The zero-order valence-corrected chi connectivity index (χ0v) is 18.9. The van der Waals surface area contributed by atoms with E-state index in [0.29, 0.717) is 29.0 Å². The zero-order chi connectivity index (χ0) is 23.4. The van der Waals surface area contributed by atoms with Gasteiger partial charge in [0.1, 0.15) is 23.7 Å². The second kappa shape index (κ2) is 9.75. The van der Waals surface area contributed by atoms with E-state index < -0.39 is 11.4 Å². The van der Waals surface area contributed by atoms with Gasteiger partial charge in [0.25, 0.3) is 0 Å². The molecule has 170 valence electrons. The molecule has 7 nitrogen and oxygen atoms in total. The average molecular weight is 447 g/mol. The number of nitrogens with one attached hydrogen (secondary N) is 1. The van der Waals surface area contributed by atoms with E-state index in [9.17, 15) is 9.59 Å². The number of carbonyl (C=O) groups is 1. The van der Waals surface area contributed by atoms with Crippen molar-refractivity contribution in [1.82, 2.24) is 9.88 Å². The molecule has 2 aromatic heterocycles. The first-order valence-electron chi connectivity index (χ1n) is 10.8. The highest BCUT2D eigenvalue weighted by Gasteiger charge is 2.24. The summed E-state index contributed by atoms with van der Waals surface area (Å²) in [5.74, 6) is 0.616. The van der Waals surface area contributed by atoms with Crippen LogP contribution < -0.4 is 10.2 Å². The maximum atomic E-state index is 13.3. The number of aromatic nitrogens is 1. The van der Waals surface area contributed by atoms with Gasteiger partial charge in [-0.05, 0) is 50.8 Å². The van der Waals surface area contributed by atoms with Crippen molar-refractivity contribution in [3.8, 4) is 28.2 Å². The Morgan fingerprint density at radius 3 is 2.42 bits per heavy atom. The summed E-state index contributed by atoms with van der Waals surface area (Å²) in [5.41, 5.74) is 2.03. The second-order valence-corrected chi connectivity index (χ2v) is 7.80. The number of nitrogens with zero attached hydrogens (tertiary/aromatic N) is 1. The van der Waals surface area contributed by atoms with Crippen LogP contribution >= 0.6 is 0 Å². The van der Waals surface area contributed by atoms with E-state index in [0.717, 1.165) is 23.4 Å². The lowest BCUT2D eigenvalue weighted by molar-refractivity contribution is 0.0524. The molecule has 4 rings (SSSR count). The molecular formula is C26H26N2O5. The van der Waals surface area contributed by atoms with Gasteiger partial charge in [-0.2, -0.15) is 0 Å². The smallest absolute Gasteiger partial charge is 0.343 e. The summed E-state index contributed by atoms with van der Waals surface area (Å²) < 4.78 is 16.9. The van der Waals surface area contributed by atoms with Gasteiger partial charge in [-0.3, -0.25) is 4.79 Å². The number of aromatic amines is 1. The summed E-state index contributed by atoms with van der Waals surface area (Å²) in [6, 6.07) is 17.0. The summed E-state index contributed by atoms with van der Waals surface area (Å²) in [6.07, 6.45) is 1.34. The van der Waals surface area contributed by atoms with Gasteiger partial charge >= 0.3 is 5.97 Å². The lowest BCUT2D eigenvalue weighted by Gasteiger charge is -2.11. The Balaban J connectivity index is 1.82. The largest absolute Gasteiger partial charge is 0.492 e. The molecule has 0 amide bonds. The van der Waals surface area contributed by atoms with Crippen LogP contribution in [0, 0.1) is 0 Å². The fraction of sp³-hybridized carbons (Fsp3) is 0.231. The predicted molar refractivity (Wildman–Crippen MR) is 128 cm³/mol. The molecule has 2 heterocycles. The Hall–Kier alpha value is -3.84. The lowest BCUT2D eigenvalue weighted by atomic mass is 9.98. The fourth-order valence-electron chi connectivity index (χ4n) is 3.58. The molecule has 1 N–H and O–H groups in total. The van der Waals surface area contributed by atoms with E-state index in [1.165, 1.54) is 6.20 Å². The number of carbonyl (C=O) groups excluding carboxylic acids is 1. The van der Waals surface area contributed by atoms with Crippen molar-refractivity contribution in [2.75, 3.05) is 33.9 Å². The van der Waals surface area contributed by atoms with E-state index in [4.69, 9.17) is 13.9 Å². The maximum absolute atomic E-state index is 13.3. The molecule has 0 saturated heterocycles. The lowest BCUT2D eigenvalue weighted by Crippen LogP contribution is -2.19. The zero-order valence-electron chi connectivity index (χ0n) is 18.9. The van der Waals surface area contributed by atoms with E-state index in [2.05, 4.69) is 9.88 Å². The number of benzene rings is 2. The van der Waals surface area contributed by atoms with Crippen molar-refractivity contribution in [2.45, 2.75) is 6.92 Å². The number of fused-ring (bicyclic) bond motifs is 1. The van der Waals surface area contributed by atoms with E-state index >= 15 is 0 Å². The fourth-order valence-corrected chi connectivity index (χ4v) is 3.58. The number of ether oxygens (including phenoxy) is 2. The predicted octanol–water partition coefficient (Wildman–Crippen LogP) is 4.57. The number of hydrogen-bond acceptors (Lipinski definition) is 6. The van der Waals surface area contributed by atoms with Gasteiger partial charge in [-0.25, -0.2) is 4.79 Å². The van der Waals surface area contributed by atoms with Gasteiger partial charge in [0.15, 0.2) is 0 Å². The third-order valence-corrected chi connectivity index (χ3v) is 5.21. The van der Waals surface area contributed by atoms with E-state index in [-0.39, 0.29) is 12.2 Å². The third-order valence-electron chi connectivity index (χ3n) is 5.21. The molecule has 7 heteroatoms. The Morgan fingerprint density at radius 1 is 1.03 bits per heavy atom. The normalized spacial score (nSPS) is 11.2. The maximum Gasteiger partial charge on any atom is 0.343 e. The van der Waals surface area contributed by atoms with Crippen LogP contribution in [0.5, 0.6) is 5.75 Å². The molecule has 2 aromatic carbocycles. The summed E-state index contributed by atoms with van der Waals surface area (Å²) in [7, 11) is 3.99. The van der Waals surface area contributed by atoms with Crippen molar-refractivity contribution < 1.29 is 18.7 Å². The van der Waals surface area contributed by atoms with Gasteiger partial charge in [0, 0.05) is 23.9 Å². The molecule has 0 atom stereocenters. The summed E-state index contributed by atoms with van der Waals surface area (Å²) in [4.78, 5) is 30.6. The molecule has 4 aromatic rings. The number of H-pyrrole nitrogens is 1. The molecular weight excluding hydrogens is 420 g/mol. The molecule has 0 unspecified atom stereocenters. The summed E-state index contributed by atoms with van der Waals surface area (Å²) in [5, 5.41) is 0.313. The quantitative estimate of drug-likeness (QED) is 0.399. The second-order valence-electron chi connectivity index (χ2n) is 7.80. The minimum absolute atomic E-state index is 0.0569. The van der Waals surface area contributed by atoms with Gasteiger partial charge in [0.2, 0.25) is 11.1 Å². The Kier molecular flexibility index (Phi) is 6.60. The van der Waals surface area contributed by atoms with Crippen LogP contribution in [-0.2, 0) is 4.74 Å². The SMILES string of the molecule is CCOC(=O)c1c[nH]c2oc(-c3ccc(OCCN(C)C)cc3)c(-c3ccccc3)c2c1=O. The Morgan fingerprint density at radius 2 is 1.76 bits per heavy atom. The molecule has 33 heavy (non-hydrogen) atoms. The van der Waals surface area contributed by atoms with Crippen LogP contribution in [0.25, 0.3) is 33.6 Å². The molecule has 0 saturated carbocycles. The molecule has 0 aliphatic rings. The van der Waals surface area contributed by atoms with Gasteiger partial charge < -0.3 is 23.8 Å². The number of pyridine rings is 1. The highest BCUT2D eigenvalue weighted by molar-refractivity contribution is 6.03. The molecule has 0 fully saturated rings. The number of esters is 1. The molecule has 0 spiro atoms. The third kappa shape index (κ3) is 4.68. The van der Waals surface area contributed by atoms with Crippen molar-refractivity contribution >= 4 is 17.1 Å². The first-order chi connectivity index (χ1) is 16.0. The number of furan rings is 1. The molecule has 0 aliphatic carbocycles. The standard InChI is InChI=1S/C26H26N2O5/c1-4-31-26(30)20-16-27-25-22(23(20)29)21(17-8-6-5-7-9-17)24(33-25)18-10-12-19(13-11-18)32-15-14-28(2)3/h5-13,16H,4,14-15H2,1-3H3,(H,27,29). The topological polar surface area (TPSA) is 84.8 Å². The van der Waals surface area contributed by atoms with Gasteiger partial charge in [0.05, 0.1) is 12.0 Å². The van der Waals surface area contributed by atoms with E-state index in [1.54, 1.807) is 6.92 Å². The van der Waals surface area contributed by atoms with Crippen molar-refractivity contribution in [3.63, 3.8) is 0 Å². The highest BCUT2D eigenvalue weighted by Crippen LogP contribution is 2.39. The number of hydrogen-bond donors (Lipinski definition) is 1. The van der Waals surface area contributed by atoms with Crippen molar-refractivity contribution in [3.05, 3.63) is 76.6 Å². The van der Waals surface area contributed by atoms with Gasteiger partial charge in [-0.1, -0.05) is 30.3 Å². The molecule has 0 aliphatic heterocycles. The Bertz CT molecular complexity index is 1300. The van der Waals surface area contributed by atoms with Crippen LogP contribution in [0.15, 0.2) is 70.0 Å². The van der Waals surface area contributed by atoms with Gasteiger partial charge in [-0.15, -0.1) is 0 Å². The van der Waals surface area contributed by atoms with E-state index in [1.807, 2.05) is 68.7 Å². The van der Waals surface area contributed by atoms with Crippen LogP contribution in [0.1, 0.15) is 17.3 Å². The minimum atomic E-state index is -0.665. The molecule has 0 bridgehead atoms. The van der Waals surface area contributed by atoms with Crippen LogP contribution in [0.3, 0.4) is 0 Å². The molecule has 0 radical (unpaired) electrons. The monoisotopic (exact) mass is 446 g/mol.